The van der Waals surface area contributed by atoms with E-state index in [1.54, 1.807) is 6.92 Å². The molecule has 0 amide bonds. The summed E-state index contributed by atoms with van der Waals surface area (Å²) in [5, 5.41) is 6.34. The van der Waals surface area contributed by atoms with Gasteiger partial charge in [0.05, 0.1) is 17.4 Å². The Kier molecular flexibility index (Phi) is 12.6. The summed E-state index contributed by atoms with van der Waals surface area (Å²) in [5.41, 5.74) is 1.01. The van der Waals surface area contributed by atoms with Crippen molar-refractivity contribution in [3.8, 4) is 23.1 Å². The number of alkyl halides is 3. The Labute approximate surface area is 258 Å². The minimum atomic E-state index is -5.06. The second kappa shape index (κ2) is 15.9. The van der Waals surface area contributed by atoms with Crippen LogP contribution in [0.2, 0.25) is 0 Å². The maximum Gasteiger partial charge on any atom is 0.417 e. The molecule has 15 heteroatoms. The molecule has 4 rings (SSSR count). The van der Waals surface area contributed by atoms with E-state index in [2.05, 4.69) is 25.6 Å². The zero-order chi connectivity index (χ0) is 33.3. The van der Waals surface area contributed by atoms with Gasteiger partial charge in [0.25, 0.3) is 0 Å². The van der Waals surface area contributed by atoms with Gasteiger partial charge in [0.15, 0.2) is 5.82 Å². The van der Waals surface area contributed by atoms with Gasteiger partial charge in [-0.2, -0.15) is 23.1 Å². The molecule has 0 fully saturated rings. The maximum absolute atomic E-state index is 16.4. The second-order valence-corrected chi connectivity index (χ2v) is 10.3. The Balaban J connectivity index is 0.00000271. The Morgan fingerprint density at radius 3 is 2.56 bits per heavy atom. The van der Waals surface area contributed by atoms with E-state index in [1.807, 2.05) is 25.8 Å². The molecule has 0 saturated carbocycles. The van der Waals surface area contributed by atoms with E-state index in [4.69, 9.17) is 15.2 Å². The van der Waals surface area contributed by atoms with Gasteiger partial charge in [-0.1, -0.05) is 13.8 Å². The summed E-state index contributed by atoms with van der Waals surface area (Å²) < 4.78 is 85.3. The SMILES string of the molecule is CC.Cc1c(F)c(N)cc(-c2nc3c4c(nc(OCCN(C)CCCC=O)nc4c2F)NCCNCCC(C)O3)c1C(F)(F)F. The number of nitrogen functional groups attached to an aromatic ring is 1. The third-order valence-electron chi connectivity index (χ3n) is 7.00. The third-order valence-corrected chi connectivity index (χ3v) is 7.00. The van der Waals surface area contributed by atoms with Crippen molar-refractivity contribution >= 4 is 28.7 Å². The minimum absolute atomic E-state index is 0.0219. The van der Waals surface area contributed by atoms with Gasteiger partial charge in [-0.3, -0.25) is 0 Å². The van der Waals surface area contributed by atoms with E-state index in [9.17, 15) is 22.4 Å². The van der Waals surface area contributed by atoms with Crippen molar-refractivity contribution in [3.05, 3.63) is 28.8 Å². The number of carbonyl (C=O) groups is 1. The van der Waals surface area contributed by atoms with Crippen LogP contribution in [0.25, 0.3) is 22.2 Å². The van der Waals surface area contributed by atoms with Gasteiger partial charge in [0.1, 0.15) is 41.1 Å². The Hall–Kier alpha value is -3.85. The molecule has 1 aliphatic heterocycles. The van der Waals surface area contributed by atoms with Crippen molar-refractivity contribution in [1.82, 2.24) is 25.2 Å². The van der Waals surface area contributed by atoms with Crippen LogP contribution in [0.1, 0.15) is 51.2 Å². The number of unbranched alkanes of at least 4 members (excludes halogenated alkanes) is 1. The van der Waals surface area contributed by atoms with Crippen LogP contribution in [-0.2, 0) is 11.0 Å². The molecule has 0 aliphatic carbocycles. The largest absolute Gasteiger partial charge is 0.474 e. The molecule has 1 unspecified atom stereocenters. The number of aromatic nitrogens is 3. The van der Waals surface area contributed by atoms with Crippen molar-refractivity contribution in [3.63, 3.8) is 0 Å². The van der Waals surface area contributed by atoms with Crippen LogP contribution in [0.3, 0.4) is 0 Å². The first-order valence-corrected chi connectivity index (χ1v) is 14.9. The van der Waals surface area contributed by atoms with Crippen LogP contribution >= 0.6 is 0 Å². The van der Waals surface area contributed by atoms with E-state index in [0.29, 0.717) is 58.1 Å². The van der Waals surface area contributed by atoms with Gasteiger partial charge < -0.3 is 35.5 Å². The lowest BCUT2D eigenvalue weighted by molar-refractivity contribution is -0.137. The van der Waals surface area contributed by atoms with Gasteiger partial charge in [0, 0.05) is 31.6 Å². The van der Waals surface area contributed by atoms with E-state index in [-0.39, 0.29) is 35.2 Å². The summed E-state index contributed by atoms with van der Waals surface area (Å²) in [4.78, 5) is 25.3. The molecular weight excluding hydrogens is 601 g/mol. The number of nitrogens with zero attached hydrogens (tertiary/aromatic N) is 4. The average molecular weight is 642 g/mol. The van der Waals surface area contributed by atoms with E-state index in [0.717, 1.165) is 13.2 Å². The number of nitrogens with two attached hydrogens (primary N) is 1. The first kappa shape index (κ1) is 35.6. The molecule has 0 saturated heterocycles. The lowest BCUT2D eigenvalue weighted by atomic mass is 9.96. The zero-order valence-electron chi connectivity index (χ0n) is 26.1. The van der Waals surface area contributed by atoms with Crippen molar-refractivity contribution < 1.29 is 36.2 Å². The van der Waals surface area contributed by atoms with Crippen LogP contribution < -0.4 is 25.8 Å². The average Bonchev–Trinajstić information content (AvgIpc) is 3.02. The molecule has 0 radical (unpaired) electrons. The third kappa shape index (κ3) is 8.66. The molecule has 4 N–H and O–H groups in total. The fourth-order valence-corrected chi connectivity index (χ4v) is 4.75. The minimum Gasteiger partial charge on any atom is -0.474 e. The normalized spacial score (nSPS) is 15.4. The number of halogens is 5. The van der Waals surface area contributed by atoms with Crippen molar-refractivity contribution in [2.45, 2.75) is 59.2 Å². The van der Waals surface area contributed by atoms with E-state index >= 15 is 4.39 Å². The van der Waals surface area contributed by atoms with Crippen LogP contribution in [-0.4, -0.2) is 78.6 Å². The first-order chi connectivity index (χ1) is 21.4. The predicted octanol–water partition coefficient (Wildman–Crippen LogP) is 5.37. The fraction of sp³-hybridized carbons (Fsp3) is 0.533. The van der Waals surface area contributed by atoms with Crippen LogP contribution in [0.4, 0.5) is 33.5 Å². The molecule has 0 spiro atoms. The highest BCUT2D eigenvalue weighted by molar-refractivity contribution is 5.96. The number of hydrogen-bond acceptors (Lipinski definition) is 10. The summed E-state index contributed by atoms with van der Waals surface area (Å²) >= 11 is 0. The topological polar surface area (TPSA) is 128 Å². The number of nitrogens with one attached hydrogen (secondary N) is 2. The fourth-order valence-electron chi connectivity index (χ4n) is 4.75. The highest BCUT2D eigenvalue weighted by Gasteiger charge is 2.39. The Morgan fingerprint density at radius 1 is 1.13 bits per heavy atom. The predicted molar refractivity (Wildman–Crippen MR) is 163 cm³/mol. The van der Waals surface area contributed by atoms with Crippen molar-refractivity contribution in [2.24, 2.45) is 0 Å². The molecule has 1 aromatic carbocycles. The van der Waals surface area contributed by atoms with Crippen LogP contribution in [0, 0.1) is 18.6 Å². The number of anilines is 2. The van der Waals surface area contributed by atoms with E-state index in [1.165, 1.54) is 0 Å². The number of hydrogen-bond donors (Lipinski definition) is 3. The smallest absolute Gasteiger partial charge is 0.417 e. The number of aldehydes is 1. The number of benzene rings is 1. The summed E-state index contributed by atoms with van der Waals surface area (Å²) in [7, 11) is 1.84. The van der Waals surface area contributed by atoms with E-state index < -0.39 is 52.0 Å². The number of pyridine rings is 1. The van der Waals surface area contributed by atoms with Gasteiger partial charge in [-0.25, -0.2) is 13.8 Å². The molecular formula is C30H40F5N7O3. The van der Waals surface area contributed by atoms with Gasteiger partial charge >= 0.3 is 12.2 Å². The summed E-state index contributed by atoms with van der Waals surface area (Å²) in [6.45, 7) is 9.33. The molecule has 1 aliphatic rings. The quantitative estimate of drug-likeness (QED) is 0.122. The van der Waals surface area contributed by atoms with Crippen LogP contribution in [0.15, 0.2) is 6.07 Å². The second-order valence-electron chi connectivity index (χ2n) is 10.3. The first-order valence-electron chi connectivity index (χ1n) is 14.9. The highest BCUT2D eigenvalue weighted by atomic mass is 19.4. The maximum atomic E-state index is 16.4. The molecule has 2 aromatic heterocycles. The number of carbonyl (C=O) groups excluding carboxylic acids is 1. The molecule has 3 aromatic rings. The standard InChI is InChI=1S/C28H34F5N7O3.C2H6/c1-15-6-7-35-8-9-36-25-19-24(38-27(39-25)42-13-11-40(3)10-4-5-12-41)22(30)23(37-26(19)43-15)17-14-18(34)21(29)16(2)20(17)28(31,32)33;1-2/h12,14-15,35H,4-11,13,34H2,1-3H3,(H,36,38,39);1-2H3. The molecule has 1 atom stereocenters. The summed E-state index contributed by atoms with van der Waals surface area (Å²) in [5.74, 6) is -2.54. The molecule has 45 heavy (non-hydrogen) atoms. The van der Waals surface area contributed by atoms with Gasteiger partial charge in [-0.15, -0.1) is 0 Å². The van der Waals surface area contributed by atoms with Gasteiger partial charge in [0.2, 0.25) is 5.88 Å². The number of likely N-dealkylation sites (N-methyl/N-ethyl adjacent to an activating group) is 1. The Bertz CT molecular complexity index is 1470. The monoisotopic (exact) mass is 641 g/mol. The van der Waals surface area contributed by atoms with Crippen LogP contribution in [0.5, 0.6) is 11.9 Å². The van der Waals surface area contributed by atoms with Crippen molar-refractivity contribution in [2.75, 3.05) is 57.4 Å². The summed E-state index contributed by atoms with van der Waals surface area (Å²) in [6.07, 6.45) is -3.07. The number of rotatable bonds is 9. The highest BCUT2D eigenvalue weighted by Crippen LogP contribution is 2.44. The Morgan fingerprint density at radius 2 is 1.87 bits per heavy atom. The lowest BCUT2D eigenvalue weighted by Crippen LogP contribution is -2.26. The zero-order valence-corrected chi connectivity index (χ0v) is 26.1. The molecule has 10 nitrogen and oxygen atoms in total. The summed E-state index contributed by atoms with van der Waals surface area (Å²) in [6, 6.07) is 0.492. The number of ether oxygens (including phenoxy) is 2. The van der Waals surface area contributed by atoms with Crippen molar-refractivity contribution in [1.29, 1.82) is 0 Å². The molecule has 0 bridgehead atoms. The lowest BCUT2D eigenvalue weighted by Gasteiger charge is -2.21. The van der Waals surface area contributed by atoms with Gasteiger partial charge in [-0.05, 0) is 58.5 Å². The molecule has 3 heterocycles. The molecule has 248 valence electrons.